The number of hydrogen-bond donors (Lipinski definition) is 3. The highest BCUT2D eigenvalue weighted by molar-refractivity contribution is 7.89. The summed E-state index contributed by atoms with van der Waals surface area (Å²) in [4.78, 5) is 23.5. The van der Waals surface area contributed by atoms with E-state index in [0.29, 0.717) is 12.8 Å². The highest BCUT2D eigenvalue weighted by atomic mass is 32.2. The highest BCUT2D eigenvalue weighted by Gasteiger charge is 2.40. The van der Waals surface area contributed by atoms with Crippen molar-refractivity contribution >= 4 is 21.9 Å². The molecule has 21 heavy (non-hydrogen) atoms. The van der Waals surface area contributed by atoms with Gasteiger partial charge in [0.15, 0.2) is 0 Å². The van der Waals surface area contributed by atoms with Crippen LogP contribution in [0.2, 0.25) is 0 Å². The second-order valence-electron chi connectivity index (χ2n) is 5.75. The molecule has 0 saturated heterocycles. The van der Waals surface area contributed by atoms with E-state index in [9.17, 15) is 23.1 Å². The van der Waals surface area contributed by atoms with E-state index >= 15 is 0 Å². The van der Waals surface area contributed by atoms with Crippen LogP contribution in [0.25, 0.3) is 0 Å². The fourth-order valence-electron chi connectivity index (χ4n) is 2.74. The van der Waals surface area contributed by atoms with E-state index in [0.717, 1.165) is 25.7 Å². The van der Waals surface area contributed by atoms with E-state index in [2.05, 4.69) is 5.32 Å². The van der Waals surface area contributed by atoms with Crippen LogP contribution in [-0.4, -0.2) is 37.7 Å². The molecule has 0 unspecified atom stereocenters. The summed E-state index contributed by atoms with van der Waals surface area (Å²) in [7, 11) is -3.53. The van der Waals surface area contributed by atoms with Crippen molar-refractivity contribution in [1.82, 2.24) is 5.32 Å². The number of nitrogens with one attached hydrogen (secondary N) is 1. The predicted molar refractivity (Wildman–Crippen MR) is 78.0 cm³/mol. The number of amides is 1. The van der Waals surface area contributed by atoms with Gasteiger partial charge in [0.2, 0.25) is 15.9 Å². The Balaban J connectivity index is 2.47. The number of primary sulfonamides is 1. The number of aliphatic carboxylic acids is 1. The number of carboxylic acid groups (broad SMARTS) is 1. The molecule has 0 spiro atoms. The Hall–Kier alpha value is -1.15. The minimum absolute atomic E-state index is 0.0439. The first kappa shape index (κ1) is 17.9. The van der Waals surface area contributed by atoms with Crippen LogP contribution in [0.1, 0.15) is 51.4 Å². The number of nitrogens with two attached hydrogens (primary N) is 1. The molecule has 1 amide bonds. The van der Waals surface area contributed by atoms with Crippen LogP contribution in [0.4, 0.5) is 0 Å². The van der Waals surface area contributed by atoms with Crippen molar-refractivity contribution in [2.24, 2.45) is 10.6 Å². The van der Waals surface area contributed by atoms with Crippen LogP contribution in [-0.2, 0) is 19.6 Å². The van der Waals surface area contributed by atoms with Crippen LogP contribution < -0.4 is 10.5 Å². The molecule has 0 aromatic heterocycles. The Morgan fingerprint density at radius 2 is 1.71 bits per heavy atom. The first-order valence-corrected chi connectivity index (χ1v) is 8.97. The van der Waals surface area contributed by atoms with Crippen LogP contribution in [0, 0.1) is 5.41 Å². The largest absolute Gasteiger partial charge is 0.481 e. The molecular weight excluding hydrogens is 296 g/mol. The van der Waals surface area contributed by atoms with E-state index < -0.39 is 21.4 Å². The molecule has 0 radical (unpaired) electrons. The molecule has 4 N–H and O–H groups in total. The fourth-order valence-corrected chi connectivity index (χ4v) is 3.29. The molecule has 1 saturated carbocycles. The van der Waals surface area contributed by atoms with Gasteiger partial charge in [0.25, 0.3) is 0 Å². The van der Waals surface area contributed by atoms with Gasteiger partial charge >= 0.3 is 5.97 Å². The number of sulfonamides is 1. The number of rotatable bonds is 7. The van der Waals surface area contributed by atoms with Gasteiger partial charge in [-0.3, -0.25) is 9.59 Å². The van der Waals surface area contributed by atoms with E-state index in [1.807, 2.05) is 0 Å². The Labute approximate surface area is 125 Å². The Morgan fingerprint density at radius 1 is 1.14 bits per heavy atom. The summed E-state index contributed by atoms with van der Waals surface area (Å²) in [6, 6.07) is 0. The fraction of sp³-hybridized carbons (Fsp3) is 0.846. The maximum absolute atomic E-state index is 11.9. The van der Waals surface area contributed by atoms with E-state index in [-0.39, 0.29) is 31.0 Å². The molecular formula is C13H24N2O5S. The summed E-state index contributed by atoms with van der Waals surface area (Å²) in [5, 5.41) is 16.9. The standard InChI is InChI=1S/C13H24N2O5S/c14-21(19,20)9-5-8-15-11(16)10-13(12(17)18)6-3-1-2-4-7-13/h1-10H2,(H,15,16)(H,17,18)(H2,14,19,20). The molecule has 0 aromatic rings. The van der Waals surface area contributed by atoms with Crippen molar-refractivity contribution in [3.05, 3.63) is 0 Å². The van der Waals surface area contributed by atoms with Gasteiger partial charge in [0.1, 0.15) is 0 Å². The smallest absolute Gasteiger partial charge is 0.310 e. The molecule has 0 bridgehead atoms. The molecule has 0 atom stereocenters. The maximum Gasteiger partial charge on any atom is 0.310 e. The average molecular weight is 320 g/mol. The van der Waals surface area contributed by atoms with Crippen LogP contribution >= 0.6 is 0 Å². The molecule has 8 heteroatoms. The maximum atomic E-state index is 11.9. The monoisotopic (exact) mass is 320 g/mol. The quantitative estimate of drug-likeness (QED) is 0.467. The molecule has 1 aliphatic carbocycles. The zero-order valence-electron chi connectivity index (χ0n) is 12.1. The lowest BCUT2D eigenvalue weighted by Crippen LogP contribution is -2.38. The lowest BCUT2D eigenvalue weighted by molar-refractivity contribution is -0.152. The normalized spacial score (nSPS) is 18.7. The lowest BCUT2D eigenvalue weighted by atomic mass is 9.77. The van der Waals surface area contributed by atoms with Crippen LogP contribution in [0.3, 0.4) is 0 Å². The Bertz CT molecular complexity index is 467. The summed E-state index contributed by atoms with van der Waals surface area (Å²) < 4.78 is 21.5. The van der Waals surface area contributed by atoms with Gasteiger partial charge in [0.05, 0.1) is 11.2 Å². The average Bonchev–Trinajstić information content (AvgIpc) is 2.60. The third-order valence-electron chi connectivity index (χ3n) is 3.94. The van der Waals surface area contributed by atoms with Gasteiger partial charge in [-0.05, 0) is 19.3 Å². The minimum atomic E-state index is -3.53. The summed E-state index contributed by atoms with van der Waals surface area (Å²) in [6.45, 7) is 0.185. The SMILES string of the molecule is NS(=O)(=O)CCCNC(=O)CC1(C(=O)O)CCCCCC1. The van der Waals surface area contributed by atoms with Crippen molar-refractivity contribution in [3.63, 3.8) is 0 Å². The highest BCUT2D eigenvalue weighted by Crippen LogP contribution is 2.38. The third-order valence-corrected chi connectivity index (χ3v) is 4.80. The van der Waals surface area contributed by atoms with E-state index in [1.54, 1.807) is 0 Å². The van der Waals surface area contributed by atoms with Gasteiger partial charge in [-0.15, -0.1) is 0 Å². The van der Waals surface area contributed by atoms with Gasteiger partial charge in [-0.1, -0.05) is 25.7 Å². The minimum Gasteiger partial charge on any atom is -0.481 e. The second kappa shape index (κ2) is 7.74. The second-order valence-corrected chi connectivity index (χ2v) is 7.48. The summed E-state index contributed by atoms with van der Waals surface area (Å²) in [6.07, 6.45) is 4.88. The first-order valence-electron chi connectivity index (χ1n) is 7.26. The van der Waals surface area contributed by atoms with Gasteiger partial charge in [-0.25, -0.2) is 13.6 Å². The van der Waals surface area contributed by atoms with Crippen LogP contribution in [0.15, 0.2) is 0 Å². The van der Waals surface area contributed by atoms with Gasteiger partial charge in [-0.2, -0.15) is 0 Å². The topological polar surface area (TPSA) is 127 Å². The van der Waals surface area contributed by atoms with Crippen molar-refractivity contribution in [2.45, 2.75) is 51.4 Å². The predicted octanol–water partition coefficient (Wildman–Crippen LogP) is 0.596. The number of carbonyl (C=O) groups excluding carboxylic acids is 1. The van der Waals surface area contributed by atoms with Crippen molar-refractivity contribution < 1.29 is 23.1 Å². The summed E-state index contributed by atoms with van der Waals surface area (Å²) in [5.41, 5.74) is -0.972. The zero-order valence-corrected chi connectivity index (χ0v) is 13.0. The van der Waals surface area contributed by atoms with E-state index in [1.165, 1.54) is 0 Å². The molecule has 7 nitrogen and oxygen atoms in total. The van der Waals surface area contributed by atoms with Crippen molar-refractivity contribution in [2.75, 3.05) is 12.3 Å². The van der Waals surface area contributed by atoms with Crippen LogP contribution in [0.5, 0.6) is 0 Å². The Morgan fingerprint density at radius 3 is 2.19 bits per heavy atom. The number of hydrogen-bond acceptors (Lipinski definition) is 4. The lowest BCUT2D eigenvalue weighted by Gasteiger charge is -2.27. The third kappa shape index (κ3) is 6.43. The first-order chi connectivity index (χ1) is 9.75. The molecule has 1 rings (SSSR count). The molecule has 1 aliphatic rings. The molecule has 0 heterocycles. The molecule has 0 aromatic carbocycles. The molecule has 0 aliphatic heterocycles. The molecule has 122 valence electrons. The van der Waals surface area contributed by atoms with Crippen molar-refractivity contribution in [1.29, 1.82) is 0 Å². The molecule has 1 fully saturated rings. The zero-order chi connectivity index (χ0) is 15.9. The van der Waals surface area contributed by atoms with E-state index in [4.69, 9.17) is 5.14 Å². The summed E-state index contributed by atoms with van der Waals surface area (Å²) in [5.74, 6) is -1.45. The summed E-state index contributed by atoms with van der Waals surface area (Å²) >= 11 is 0. The van der Waals surface area contributed by atoms with Gasteiger partial charge in [0, 0.05) is 13.0 Å². The number of carboxylic acids is 1. The van der Waals surface area contributed by atoms with Gasteiger partial charge < -0.3 is 10.4 Å². The number of carbonyl (C=O) groups is 2. The van der Waals surface area contributed by atoms with Crippen molar-refractivity contribution in [3.8, 4) is 0 Å². The Kier molecular flexibility index (Phi) is 6.60.